The van der Waals surface area contributed by atoms with E-state index in [1.54, 1.807) is 24.3 Å². The zero-order valence-corrected chi connectivity index (χ0v) is 21.7. The van der Waals surface area contributed by atoms with Gasteiger partial charge in [0.15, 0.2) is 14.6 Å². The molecule has 0 bridgehead atoms. The Hall–Kier alpha value is -2.58. The van der Waals surface area contributed by atoms with Crippen molar-refractivity contribution in [1.29, 1.82) is 0 Å². The zero-order valence-electron chi connectivity index (χ0n) is 20.9. The van der Waals surface area contributed by atoms with Crippen molar-refractivity contribution in [3.63, 3.8) is 0 Å². The minimum Gasteiger partial charge on any atom is -0.494 e. The van der Waals surface area contributed by atoms with E-state index in [0.29, 0.717) is 30.3 Å². The van der Waals surface area contributed by atoms with Crippen molar-refractivity contribution < 1.29 is 22.7 Å². The molecule has 1 amide bonds. The predicted molar refractivity (Wildman–Crippen MR) is 138 cm³/mol. The van der Waals surface area contributed by atoms with Crippen LogP contribution in [0.1, 0.15) is 51.5 Å². The number of hydrogen-bond donors (Lipinski definition) is 1. The number of rotatable bonds is 13. The fourth-order valence-corrected chi connectivity index (χ4v) is 5.83. The summed E-state index contributed by atoms with van der Waals surface area (Å²) in [5, 5.41) is 0. The number of sulfone groups is 1. The topological polar surface area (TPSA) is 98.9 Å². The molecule has 1 atom stereocenters. The molecule has 0 saturated carbocycles. The number of nitrogens with zero attached hydrogens (tertiary/aromatic N) is 1. The Morgan fingerprint density at radius 2 is 1.51 bits per heavy atom. The molecule has 1 unspecified atom stereocenters. The first-order valence-corrected chi connectivity index (χ1v) is 14.0. The lowest BCUT2D eigenvalue weighted by molar-refractivity contribution is -0.120. The number of hydrogen-bond acceptors (Lipinski definition) is 6. The number of carbonyl (C=O) groups excluding carboxylic acids is 1. The molecule has 1 heterocycles. The van der Waals surface area contributed by atoms with Gasteiger partial charge in [-0.3, -0.25) is 9.69 Å². The van der Waals surface area contributed by atoms with Crippen LogP contribution in [0.25, 0.3) is 0 Å². The minimum atomic E-state index is -4.04. The maximum Gasteiger partial charge on any atom is 0.239 e. The highest BCUT2D eigenvalue weighted by Gasteiger charge is 2.46. The van der Waals surface area contributed by atoms with E-state index in [1.807, 2.05) is 12.1 Å². The first-order chi connectivity index (χ1) is 16.8. The molecule has 0 spiro atoms. The summed E-state index contributed by atoms with van der Waals surface area (Å²) in [6.07, 6.45) is 5.68. The van der Waals surface area contributed by atoms with E-state index in [0.717, 1.165) is 32.5 Å². The predicted octanol–water partition coefficient (Wildman–Crippen LogP) is 3.99. The number of nitrogens with two attached hydrogens (primary N) is 1. The summed E-state index contributed by atoms with van der Waals surface area (Å²) in [5.74, 6) is 0.421. The lowest BCUT2D eigenvalue weighted by Gasteiger charge is -2.27. The fourth-order valence-electron chi connectivity index (χ4n) is 4.19. The number of amides is 1. The summed E-state index contributed by atoms with van der Waals surface area (Å²) in [4.78, 5) is 14.9. The lowest BCUT2D eigenvalue weighted by atomic mass is 9.99. The van der Waals surface area contributed by atoms with Crippen molar-refractivity contribution >= 4 is 15.7 Å². The third kappa shape index (κ3) is 6.98. The second-order valence-electron chi connectivity index (χ2n) is 9.34. The number of piperidine rings is 1. The van der Waals surface area contributed by atoms with Crippen molar-refractivity contribution in [2.45, 2.75) is 62.0 Å². The molecule has 1 aliphatic rings. The van der Waals surface area contributed by atoms with E-state index in [2.05, 4.69) is 11.8 Å². The van der Waals surface area contributed by atoms with Gasteiger partial charge in [0.2, 0.25) is 5.91 Å². The first kappa shape index (κ1) is 27.0. The molecule has 7 nitrogen and oxygen atoms in total. The normalized spacial score (nSPS) is 16.4. The Balaban J connectivity index is 1.65. The van der Waals surface area contributed by atoms with Crippen LogP contribution in [0.2, 0.25) is 0 Å². The molecule has 2 N–H and O–H groups in total. The fraction of sp³-hybridized carbons (Fsp3) is 0.519. The number of ether oxygens (including phenoxy) is 2. The van der Waals surface area contributed by atoms with E-state index < -0.39 is 20.5 Å². The first-order valence-electron chi connectivity index (χ1n) is 12.5. The third-order valence-corrected chi connectivity index (χ3v) is 9.03. The van der Waals surface area contributed by atoms with Crippen LogP contribution in [-0.4, -0.2) is 56.8 Å². The van der Waals surface area contributed by atoms with Crippen LogP contribution in [0, 0.1) is 0 Å². The zero-order chi connectivity index (χ0) is 25.3. The number of carbonyl (C=O) groups is 1. The van der Waals surface area contributed by atoms with E-state index in [-0.39, 0.29) is 11.3 Å². The molecule has 192 valence electrons. The molecule has 35 heavy (non-hydrogen) atoms. The van der Waals surface area contributed by atoms with Gasteiger partial charge in [0.1, 0.15) is 18.1 Å². The summed E-state index contributed by atoms with van der Waals surface area (Å²) in [5.41, 5.74) is 6.34. The standard InChI is InChI=1S/C27H38N2O5S/c1-3-4-19-33-24-12-14-25(15-13-24)35(31,32)27(2,26(28)30)21-22-8-10-23(11-9-22)34-20-18-29-16-6-5-7-17-29/h8-15H,3-7,16-21H2,1-2H3,(H2,28,30). The SMILES string of the molecule is CCCCOc1ccc(S(=O)(=O)C(C)(Cc2ccc(OCCN3CCCCC3)cc2)C(N)=O)cc1. The van der Waals surface area contributed by atoms with Gasteiger partial charge < -0.3 is 15.2 Å². The van der Waals surface area contributed by atoms with Gasteiger partial charge in [0, 0.05) is 13.0 Å². The van der Waals surface area contributed by atoms with Gasteiger partial charge in [-0.15, -0.1) is 0 Å². The van der Waals surface area contributed by atoms with E-state index >= 15 is 0 Å². The van der Waals surface area contributed by atoms with Gasteiger partial charge in [0.25, 0.3) is 0 Å². The molecule has 8 heteroatoms. The van der Waals surface area contributed by atoms with Crippen LogP contribution in [0.4, 0.5) is 0 Å². The minimum absolute atomic E-state index is 0.0343. The van der Waals surface area contributed by atoms with Crippen molar-refractivity contribution in [3.8, 4) is 11.5 Å². The average molecular weight is 503 g/mol. The Labute approximate surface area is 209 Å². The Morgan fingerprint density at radius 1 is 0.943 bits per heavy atom. The van der Waals surface area contributed by atoms with Crippen molar-refractivity contribution in [1.82, 2.24) is 4.90 Å². The largest absolute Gasteiger partial charge is 0.494 e. The quantitative estimate of drug-likeness (QED) is 0.416. The highest BCUT2D eigenvalue weighted by molar-refractivity contribution is 7.93. The molecule has 0 aromatic heterocycles. The molecule has 3 rings (SSSR count). The summed E-state index contributed by atoms with van der Waals surface area (Å²) in [7, 11) is -4.04. The summed E-state index contributed by atoms with van der Waals surface area (Å²) >= 11 is 0. The third-order valence-electron chi connectivity index (χ3n) is 6.60. The van der Waals surface area contributed by atoms with Crippen LogP contribution in [0.15, 0.2) is 53.4 Å². The van der Waals surface area contributed by atoms with Gasteiger partial charge in [0.05, 0.1) is 11.5 Å². The molecule has 0 radical (unpaired) electrons. The van der Waals surface area contributed by atoms with Crippen molar-refractivity contribution in [2.24, 2.45) is 5.73 Å². The monoisotopic (exact) mass is 502 g/mol. The molecule has 1 saturated heterocycles. The summed E-state index contributed by atoms with van der Waals surface area (Å²) in [6, 6.07) is 13.4. The van der Waals surface area contributed by atoms with Crippen LogP contribution >= 0.6 is 0 Å². The van der Waals surface area contributed by atoms with Crippen LogP contribution in [0.5, 0.6) is 11.5 Å². The highest BCUT2D eigenvalue weighted by atomic mass is 32.2. The van der Waals surface area contributed by atoms with Gasteiger partial charge in [-0.2, -0.15) is 0 Å². The van der Waals surface area contributed by atoms with Gasteiger partial charge in [-0.05, 0) is 81.2 Å². The number of benzene rings is 2. The molecule has 2 aromatic carbocycles. The Kier molecular flexibility index (Phi) is 9.57. The Morgan fingerprint density at radius 3 is 2.09 bits per heavy atom. The van der Waals surface area contributed by atoms with Crippen molar-refractivity contribution in [3.05, 3.63) is 54.1 Å². The highest BCUT2D eigenvalue weighted by Crippen LogP contribution is 2.31. The van der Waals surface area contributed by atoms with Crippen molar-refractivity contribution in [2.75, 3.05) is 32.8 Å². The smallest absolute Gasteiger partial charge is 0.239 e. The van der Waals surface area contributed by atoms with Gasteiger partial charge in [-0.25, -0.2) is 8.42 Å². The second kappa shape index (κ2) is 12.4. The number of primary amides is 1. The van der Waals surface area contributed by atoms with E-state index in [9.17, 15) is 13.2 Å². The van der Waals surface area contributed by atoms with Crippen LogP contribution < -0.4 is 15.2 Å². The van der Waals surface area contributed by atoms with E-state index in [1.165, 1.54) is 38.3 Å². The van der Waals surface area contributed by atoms with Gasteiger partial charge >= 0.3 is 0 Å². The molecular weight excluding hydrogens is 464 g/mol. The molecule has 0 aliphatic carbocycles. The molecule has 1 fully saturated rings. The maximum atomic E-state index is 13.5. The molecule has 1 aliphatic heterocycles. The van der Waals surface area contributed by atoms with Gasteiger partial charge in [-0.1, -0.05) is 31.9 Å². The summed E-state index contributed by atoms with van der Waals surface area (Å²) in [6.45, 7) is 7.76. The summed E-state index contributed by atoms with van der Waals surface area (Å²) < 4.78 is 36.6. The molecular formula is C27H38N2O5S. The lowest BCUT2D eigenvalue weighted by Crippen LogP contribution is -2.49. The average Bonchev–Trinajstić information content (AvgIpc) is 2.86. The molecule has 2 aromatic rings. The van der Waals surface area contributed by atoms with Crippen LogP contribution in [0.3, 0.4) is 0 Å². The number of unbranched alkanes of at least 4 members (excludes halogenated alkanes) is 1. The maximum absolute atomic E-state index is 13.5. The van der Waals surface area contributed by atoms with E-state index in [4.69, 9.17) is 15.2 Å². The van der Waals surface area contributed by atoms with Crippen LogP contribution in [-0.2, 0) is 21.1 Å². The second-order valence-corrected chi connectivity index (χ2v) is 11.7. The number of likely N-dealkylation sites (tertiary alicyclic amines) is 1. The Bertz CT molecular complexity index is 1050.